The first-order valence-corrected chi connectivity index (χ1v) is 4.99. The summed E-state index contributed by atoms with van der Waals surface area (Å²) in [6.45, 7) is 0. The van der Waals surface area contributed by atoms with Gasteiger partial charge in [-0.1, -0.05) is 11.6 Å². The summed E-state index contributed by atoms with van der Waals surface area (Å²) < 4.78 is 6.06. The van der Waals surface area contributed by atoms with Gasteiger partial charge in [0.25, 0.3) is 5.89 Å². The van der Waals surface area contributed by atoms with E-state index >= 15 is 0 Å². The lowest BCUT2D eigenvalue weighted by atomic mass is 10.5. The SMILES string of the molecule is Clc1ccc(-c2nc(Br)no2)s1. The van der Waals surface area contributed by atoms with Crippen LogP contribution in [0.25, 0.3) is 10.8 Å². The predicted molar refractivity (Wildman–Crippen MR) is 50.3 cm³/mol. The van der Waals surface area contributed by atoms with Gasteiger partial charge >= 0.3 is 0 Å². The smallest absolute Gasteiger partial charge is 0.268 e. The van der Waals surface area contributed by atoms with Crippen LogP contribution in [0, 0.1) is 0 Å². The molecule has 2 rings (SSSR count). The molecule has 2 heterocycles. The highest BCUT2D eigenvalue weighted by Crippen LogP contribution is 2.30. The monoisotopic (exact) mass is 264 g/mol. The number of hydrogen-bond acceptors (Lipinski definition) is 4. The number of aromatic nitrogens is 2. The van der Waals surface area contributed by atoms with E-state index in [-0.39, 0.29) is 0 Å². The summed E-state index contributed by atoms with van der Waals surface area (Å²) in [5.74, 6) is 0.485. The van der Waals surface area contributed by atoms with Gasteiger partial charge in [0, 0.05) is 0 Å². The highest BCUT2D eigenvalue weighted by molar-refractivity contribution is 9.10. The Labute approximate surface area is 85.5 Å². The first-order chi connectivity index (χ1) is 5.75. The van der Waals surface area contributed by atoms with Crippen molar-refractivity contribution in [2.45, 2.75) is 0 Å². The average molecular weight is 266 g/mol. The number of nitrogens with zero attached hydrogens (tertiary/aromatic N) is 2. The van der Waals surface area contributed by atoms with Gasteiger partial charge in [-0.2, -0.15) is 4.98 Å². The quantitative estimate of drug-likeness (QED) is 0.795. The third-order valence-electron chi connectivity index (χ3n) is 1.19. The van der Waals surface area contributed by atoms with Crippen molar-refractivity contribution in [2.24, 2.45) is 0 Å². The summed E-state index contributed by atoms with van der Waals surface area (Å²) in [5, 5.41) is 3.60. The zero-order valence-corrected chi connectivity index (χ0v) is 8.78. The highest BCUT2D eigenvalue weighted by atomic mass is 79.9. The van der Waals surface area contributed by atoms with E-state index in [1.165, 1.54) is 11.3 Å². The molecule has 0 atom stereocenters. The Balaban J connectivity index is 2.43. The van der Waals surface area contributed by atoms with Crippen LogP contribution in [0.5, 0.6) is 0 Å². The summed E-state index contributed by atoms with van der Waals surface area (Å²) in [5.41, 5.74) is 0. The molecule has 0 aliphatic carbocycles. The predicted octanol–water partition coefficient (Wildman–Crippen LogP) is 3.21. The van der Waals surface area contributed by atoms with Crippen molar-refractivity contribution in [3.8, 4) is 10.8 Å². The van der Waals surface area contributed by atoms with E-state index in [0.29, 0.717) is 15.0 Å². The van der Waals surface area contributed by atoms with Crippen LogP contribution in [-0.2, 0) is 0 Å². The van der Waals surface area contributed by atoms with Crippen LogP contribution in [0.1, 0.15) is 0 Å². The van der Waals surface area contributed by atoms with E-state index in [0.717, 1.165) is 4.88 Å². The Morgan fingerprint density at radius 3 is 2.83 bits per heavy atom. The van der Waals surface area contributed by atoms with E-state index in [1.807, 2.05) is 6.07 Å². The molecule has 0 fully saturated rings. The van der Waals surface area contributed by atoms with Gasteiger partial charge in [-0.05, 0) is 33.2 Å². The van der Waals surface area contributed by atoms with Crippen LogP contribution in [0.2, 0.25) is 4.34 Å². The summed E-state index contributed by atoms with van der Waals surface area (Å²) >= 11 is 10.2. The lowest BCUT2D eigenvalue weighted by Gasteiger charge is -1.81. The summed E-state index contributed by atoms with van der Waals surface area (Å²) in [7, 11) is 0. The fourth-order valence-corrected chi connectivity index (χ4v) is 1.93. The molecular weight excluding hydrogens is 264 g/mol. The van der Waals surface area contributed by atoms with E-state index in [1.54, 1.807) is 6.07 Å². The number of halogens is 2. The molecule has 6 heteroatoms. The van der Waals surface area contributed by atoms with E-state index in [9.17, 15) is 0 Å². The van der Waals surface area contributed by atoms with Gasteiger partial charge in [0.2, 0.25) is 4.73 Å². The van der Waals surface area contributed by atoms with E-state index < -0.39 is 0 Å². The third kappa shape index (κ3) is 1.53. The Morgan fingerprint density at radius 2 is 2.33 bits per heavy atom. The second-order valence-electron chi connectivity index (χ2n) is 1.97. The van der Waals surface area contributed by atoms with Crippen molar-refractivity contribution in [3.63, 3.8) is 0 Å². The van der Waals surface area contributed by atoms with Crippen molar-refractivity contribution in [1.29, 1.82) is 0 Å². The van der Waals surface area contributed by atoms with E-state index in [2.05, 4.69) is 26.1 Å². The molecule has 0 N–H and O–H groups in total. The van der Waals surface area contributed by atoms with Crippen LogP contribution in [-0.4, -0.2) is 10.1 Å². The molecule has 0 saturated heterocycles. The van der Waals surface area contributed by atoms with Crippen LogP contribution >= 0.6 is 38.9 Å². The normalized spacial score (nSPS) is 10.5. The summed E-state index contributed by atoms with van der Waals surface area (Å²) in [6.07, 6.45) is 0. The molecule has 62 valence electrons. The van der Waals surface area contributed by atoms with Crippen molar-refractivity contribution < 1.29 is 4.52 Å². The second kappa shape index (κ2) is 3.16. The summed E-state index contributed by atoms with van der Waals surface area (Å²) in [4.78, 5) is 4.86. The molecule has 0 spiro atoms. The van der Waals surface area contributed by atoms with Gasteiger partial charge in [-0.25, -0.2) is 0 Å². The number of hydrogen-bond donors (Lipinski definition) is 0. The van der Waals surface area contributed by atoms with Gasteiger partial charge < -0.3 is 4.52 Å². The van der Waals surface area contributed by atoms with Gasteiger partial charge in [-0.15, -0.1) is 11.3 Å². The molecule has 0 aliphatic heterocycles. The van der Waals surface area contributed by atoms with Gasteiger partial charge in [0.15, 0.2) is 0 Å². The Kier molecular flexibility index (Phi) is 2.16. The van der Waals surface area contributed by atoms with Crippen LogP contribution in [0.3, 0.4) is 0 Å². The fraction of sp³-hybridized carbons (Fsp3) is 0. The Bertz CT molecular complexity index is 361. The minimum atomic E-state index is 0.446. The average Bonchev–Trinajstić information content (AvgIpc) is 2.58. The molecule has 2 aromatic rings. The molecule has 12 heavy (non-hydrogen) atoms. The van der Waals surface area contributed by atoms with Gasteiger partial charge in [0.1, 0.15) is 0 Å². The molecule has 0 aliphatic rings. The first kappa shape index (κ1) is 8.22. The molecule has 0 saturated carbocycles. The minimum absolute atomic E-state index is 0.446. The molecule has 2 aromatic heterocycles. The Morgan fingerprint density at radius 1 is 1.50 bits per heavy atom. The molecular formula is C6H2BrClN2OS. The zero-order valence-electron chi connectivity index (χ0n) is 5.62. The van der Waals surface area contributed by atoms with Crippen molar-refractivity contribution in [1.82, 2.24) is 10.1 Å². The fourth-order valence-electron chi connectivity index (χ4n) is 0.735. The molecule has 0 amide bonds. The largest absolute Gasteiger partial charge is 0.332 e. The number of rotatable bonds is 1. The maximum atomic E-state index is 5.73. The van der Waals surface area contributed by atoms with Crippen molar-refractivity contribution in [2.75, 3.05) is 0 Å². The molecule has 0 bridgehead atoms. The number of thiophene rings is 1. The van der Waals surface area contributed by atoms with Crippen LogP contribution in [0.4, 0.5) is 0 Å². The summed E-state index contributed by atoms with van der Waals surface area (Å²) in [6, 6.07) is 3.63. The van der Waals surface area contributed by atoms with Crippen molar-refractivity contribution in [3.05, 3.63) is 21.2 Å². The Hall–Kier alpha value is -0.390. The first-order valence-electron chi connectivity index (χ1n) is 3.00. The maximum Gasteiger partial charge on any atom is 0.268 e. The molecule has 0 unspecified atom stereocenters. The second-order valence-corrected chi connectivity index (χ2v) is 4.40. The lowest BCUT2D eigenvalue weighted by molar-refractivity contribution is 0.427. The van der Waals surface area contributed by atoms with Gasteiger partial charge in [0.05, 0.1) is 9.21 Å². The van der Waals surface area contributed by atoms with Gasteiger partial charge in [-0.3, -0.25) is 0 Å². The molecule has 0 aromatic carbocycles. The lowest BCUT2D eigenvalue weighted by Crippen LogP contribution is -1.68. The zero-order chi connectivity index (χ0) is 8.55. The van der Waals surface area contributed by atoms with Crippen LogP contribution in [0.15, 0.2) is 21.4 Å². The topological polar surface area (TPSA) is 38.9 Å². The third-order valence-corrected chi connectivity index (χ3v) is 2.73. The highest BCUT2D eigenvalue weighted by Gasteiger charge is 2.08. The maximum absolute atomic E-state index is 5.73. The standard InChI is InChI=1S/C6H2BrClN2OS/c7-6-9-5(11-10-6)3-1-2-4(8)12-3/h1-2H. The molecule has 3 nitrogen and oxygen atoms in total. The minimum Gasteiger partial charge on any atom is -0.332 e. The van der Waals surface area contributed by atoms with Crippen molar-refractivity contribution >= 4 is 38.9 Å². The van der Waals surface area contributed by atoms with E-state index in [4.69, 9.17) is 16.1 Å². The van der Waals surface area contributed by atoms with Crippen LogP contribution < -0.4 is 0 Å². The molecule has 0 radical (unpaired) electrons.